The number of carbonyl (C=O) groups is 1. The van der Waals surface area contributed by atoms with Crippen LogP contribution in [0, 0.1) is 6.92 Å². The van der Waals surface area contributed by atoms with Crippen LogP contribution in [-0.2, 0) is 13.1 Å². The number of aromatic nitrogens is 4. The van der Waals surface area contributed by atoms with Gasteiger partial charge < -0.3 is 9.67 Å². The molecule has 2 heterocycles. The minimum Gasteiger partial charge on any atom is -0.476 e. The van der Waals surface area contributed by atoms with Gasteiger partial charge in [0.15, 0.2) is 5.69 Å². The lowest BCUT2D eigenvalue weighted by molar-refractivity contribution is 0.0690. The lowest BCUT2D eigenvalue weighted by atomic mass is 10.2. The Labute approximate surface area is 129 Å². The minimum absolute atomic E-state index is 0.0368. The van der Waals surface area contributed by atoms with Gasteiger partial charge in [-0.2, -0.15) is 0 Å². The molecule has 0 radical (unpaired) electrons. The normalized spacial score (nSPS) is 11.1. The Bertz CT molecular complexity index is 822. The number of aromatic carboxylic acids is 1. The maximum Gasteiger partial charge on any atom is 0.358 e. The van der Waals surface area contributed by atoms with E-state index in [9.17, 15) is 4.79 Å². The van der Waals surface area contributed by atoms with E-state index >= 15 is 0 Å². The SMILES string of the molecule is Cc1c(Br)c2ccccc2n1CCn1cc(C(=O)O)nn1. The molecule has 6 nitrogen and oxygen atoms in total. The number of fused-ring (bicyclic) bond motifs is 1. The molecule has 0 unspecified atom stereocenters. The zero-order chi connectivity index (χ0) is 15.0. The number of aryl methyl sites for hydroxylation is 2. The first-order valence-electron chi connectivity index (χ1n) is 6.44. The summed E-state index contributed by atoms with van der Waals surface area (Å²) in [5.74, 6) is -1.06. The van der Waals surface area contributed by atoms with Crippen LogP contribution in [0.1, 0.15) is 16.2 Å². The molecule has 0 saturated carbocycles. The molecule has 2 aromatic heterocycles. The van der Waals surface area contributed by atoms with Crippen molar-refractivity contribution in [3.8, 4) is 0 Å². The van der Waals surface area contributed by atoms with Gasteiger partial charge in [-0.3, -0.25) is 0 Å². The minimum atomic E-state index is -1.06. The first kappa shape index (κ1) is 13.8. The predicted molar refractivity (Wildman–Crippen MR) is 81.4 cm³/mol. The largest absolute Gasteiger partial charge is 0.476 e. The summed E-state index contributed by atoms with van der Waals surface area (Å²) in [5.41, 5.74) is 2.24. The quantitative estimate of drug-likeness (QED) is 0.786. The fourth-order valence-corrected chi connectivity index (χ4v) is 2.93. The van der Waals surface area contributed by atoms with Crippen molar-refractivity contribution in [1.82, 2.24) is 19.6 Å². The van der Waals surface area contributed by atoms with Crippen molar-refractivity contribution in [3.05, 3.63) is 46.3 Å². The van der Waals surface area contributed by atoms with E-state index in [1.807, 2.05) is 19.1 Å². The number of para-hydroxylation sites is 1. The summed E-state index contributed by atoms with van der Waals surface area (Å²) in [6.45, 7) is 3.31. The topological polar surface area (TPSA) is 72.9 Å². The van der Waals surface area contributed by atoms with E-state index in [0.29, 0.717) is 13.1 Å². The van der Waals surface area contributed by atoms with Gasteiger partial charge in [-0.25, -0.2) is 9.48 Å². The highest BCUT2D eigenvalue weighted by molar-refractivity contribution is 9.10. The highest BCUT2D eigenvalue weighted by Crippen LogP contribution is 2.30. The third-order valence-electron chi connectivity index (χ3n) is 3.46. The molecule has 1 aromatic carbocycles. The summed E-state index contributed by atoms with van der Waals surface area (Å²) in [6.07, 6.45) is 1.44. The number of halogens is 1. The van der Waals surface area contributed by atoms with Gasteiger partial charge in [0, 0.05) is 27.6 Å². The van der Waals surface area contributed by atoms with Crippen LogP contribution in [0.4, 0.5) is 0 Å². The maximum absolute atomic E-state index is 10.8. The molecule has 0 bridgehead atoms. The summed E-state index contributed by atoms with van der Waals surface area (Å²) in [4.78, 5) is 10.8. The van der Waals surface area contributed by atoms with Crippen LogP contribution in [0.25, 0.3) is 10.9 Å². The smallest absolute Gasteiger partial charge is 0.358 e. The van der Waals surface area contributed by atoms with Crippen molar-refractivity contribution in [1.29, 1.82) is 0 Å². The Morgan fingerprint density at radius 1 is 1.33 bits per heavy atom. The van der Waals surface area contributed by atoms with E-state index < -0.39 is 5.97 Å². The van der Waals surface area contributed by atoms with Crippen molar-refractivity contribution in [2.24, 2.45) is 0 Å². The number of rotatable bonds is 4. The maximum atomic E-state index is 10.8. The first-order chi connectivity index (χ1) is 10.1. The van der Waals surface area contributed by atoms with Crippen molar-refractivity contribution in [2.45, 2.75) is 20.0 Å². The second-order valence-electron chi connectivity index (χ2n) is 4.74. The summed E-state index contributed by atoms with van der Waals surface area (Å²) < 4.78 is 4.82. The van der Waals surface area contributed by atoms with E-state index in [1.54, 1.807) is 4.68 Å². The summed E-state index contributed by atoms with van der Waals surface area (Å²) >= 11 is 3.62. The van der Waals surface area contributed by atoms with Gasteiger partial charge in [-0.15, -0.1) is 5.10 Å². The zero-order valence-electron chi connectivity index (χ0n) is 11.3. The summed E-state index contributed by atoms with van der Waals surface area (Å²) in [6, 6.07) is 8.15. The van der Waals surface area contributed by atoms with E-state index in [4.69, 9.17) is 5.11 Å². The van der Waals surface area contributed by atoms with Gasteiger partial charge in [0.05, 0.1) is 12.7 Å². The van der Waals surface area contributed by atoms with Crippen LogP contribution in [0.5, 0.6) is 0 Å². The Morgan fingerprint density at radius 2 is 2.10 bits per heavy atom. The molecular formula is C14H13BrN4O2. The highest BCUT2D eigenvalue weighted by atomic mass is 79.9. The van der Waals surface area contributed by atoms with E-state index in [1.165, 1.54) is 11.6 Å². The van der Waals surface area contributed by atoms with Crippen LogP contribution >= 0.6 is 15.9 Å². The molecule has 3 aromatic rings. The second kappa shape index (κ2) is 5.33. The van der Waals surface area contributed by atoms with Crippen molar-refractivity contribution < 1.29 is 9.90 Å². The first-order valence-corrected chi connectivity index (χ1v) is 7.24. The molecular weight excluding hydrogens is 336 g/mol. The number of carboxylic acids is 1. The predicted octanol–water partition coefficient (Wildman–Crippen LogP) is 2.70. The van der Waals surface area contributed by atoms with Crippen LogP contribution in [-0.4, -0.2) is 30.6 Å². The van der Waals surface area contributed by atoms with Crippen LogP contribution < -0.4 is 0 Å². The van der Waals surface area contributed by atoms with Gasteiger partial charge in [0.1, 0.15) is 0 Å². The lowest BCUT2D eigenvalue weighted by Crippen LogP contribution is -2.09. The molecule has 0 amide bonds. The number of benzene rings is 1. The van der Waals surface area contributed by atoms with Gasteiger partial charge in [-0.1, -0.05) is 23.4 Å². The number of carboxylic acid groups (broad SMARTS) is 1. The van der Waals surface area contributed by atoms with E-state index in [0.717, 1.165) is 15.7 Å². The average Bonchev–Trinajstić information content (AvgIpc) is 3.04. The monoisotopic (exact) mass is 348 g/mol. The number of nitrogens with zero attached hydrogens (tertiary/aromatic N) is 4. The molecule has 1 N–H and O–H groups in total. The molecule has 0 atom stereocenters. The molecule has 0 fully saturated rings. The molecule has 0 aliphatic carbocycles. The molecule has 7 heteroatoms. The van der Waals surface area contributed by atoms with Crippen LogP contribution in [0.3, 0.4) is 0 Å². The highest BCUT2D eigenvalue weighted by Gasteiger charge is 2.12. The average molecular weight is 349 g/mol. The zero-order valence-corrected chi connectivity index (χ0v) is 12.9. The Morgan fingerprint density at radius 3 is 2.81 bits per heavy atom. The molecule has 0 spiro atoms. The fraction of sp³-hybridized carbons (Fsp3) is 0.214. The Balaban J connectivity index is 1.88. The van der Waals surface area contributed by atoms with Gasteiger partial charge >= 0.3 is 5.97 Å². The number of hydrogen-bond acceptors (Lipinski definition) is 3. The summed E-state index contributed by atoms with van der Waals surface area (Å²) in [5, 5.41) is 17.5. The molecule has 0 saturated heterocycles. The Hall–Kier alpha value is -2.15. The third kappa shape index (κ3) is 2.44. The van der Waals surface area contributed by atoms with Crippen molar-refractivity contribution in [3.63, 3.8) is 0 Å². The van der Waals surface area contributed by atoms with Gasteiger partial charge in [0.25, 0.3) is 0 Å². The molecule has 21 heavy (non-hydrogen) atoms. The van der Waals surface area contributed by atoms with Gasteiger partial charge in [0.2, 0.25) is 0 Å². The lowest BCUT2D eigenvalue weighted by Gasteiger charge is -2.07. The standard InChI is InChI=1S/C14H13BrN4O2/c1-9-13(15)10-4-2-3-5-12(10)19(9)7-6-18-8-11(14(20)21)16-17-18/h2-5,8H,6-7H2,1H3,(H,20,21). The molecule has 0 aliphatic rings. The second-order valence-corrected chi connectivity index (χ2v) is 5.53. The van der Waals surface area contributed by atoms with Crippen molar-refractivity contribution in [2.75, 3.05) is 0 Å². The van der Waals surface area contributed by atoms with E-state index in [2.05, 4.69) is 42.9 Å². The molecule has 3 rings (SSSR count). The molecule has 0 aliphatic heterocycles. The number of hydrogen-bond donors (Lipinski definition) is 1. The Kier molecular flexibility index (Phi) is 3.50. The fourth-order valence-electron chi connectivity index (χ4n) is 2.38. The van der Waals surface area contributed by atoms with Crippen molar-refractivity contribution >= 4 is 32.8 Å². The summed E-state index contributed by atoms with van der Waals surface area (Å²) in [7, 11) is 0. The molecule has 108 valence electrons. The third-order valence-corrected chi connectivity index (χ3v) is 4.47. The van der Waals surface area contributed by atoms with Crippen LogP contribution in [0.2, 0.25) is 0 Å². The van der Waals surface area contributed by atoms with Crippen LogP contribution in [0.15, 0.2) is 34.9 Å². The van der Waals surface area contributed by atoms with E-state index in [-0.39, 0.29) is 5.69 Å². The van der Waals surface area contributed by atoms with Gasteiger partial charge in [-0.05, 0) is 28.9 Å².